The molecular formula is C22H19N3O5. The number of fused-ring (bicyclic) bond motifs is 3. The van der Waals surface area contributed by atoms with E-state index in [9.17, 15) is 24.5 Å². The maximum Gasteiger partial charge on any atom is 0.269 e. The third-order valence-electron chi connectivity index (χ3n) is 6.50. The van der Waals surface area contributed by atoms with Crippen LogP contribution in [0, 0.1) is 22.0 Å². The minimum atomic E-state index is -0.731. The first kappa shape index (κ1) is 18.6. The Morgan fingerprint density at radius 2 is 1.63 bits per heavy atom. The number of carbonyl (C=O) groups is 3. The summed E-state index contributed by atoms with van der Waals surface area (Å²) in [7, 11) is 0. The predicted octanol–water partition coefficient (Wildman–Crippen LogP) is 2.43. The molecule has 0 aliphatic carbocycles. The zero-order valence-corrected chi connectivity index (χ0v) is 16.0. The van der Waals surface area contributed by atoms with Crippen molar-refractivity contribution in [3.05, 3.63) is 70.3 Å². The summed E-state index contributed by atoms with van der Waals surface area (Å²) in [5.41, 5.74) is 0.723. The Kier molecular flexibility index (Phi) is 4.25. The second-order valence-corrected chi connectivity index (χ2v) is 7.96. The van der Waals surface area contributed by atoms with Crippen LogP contribution in [0.5, 0.6) is 0 Å². The Morgan fingerprint density at radius 3 is 2.30 bits per heavy atom. The molecule has 0 spiro atoms. The number of rotatable bonds is 4. The van der Waals surface area contributed by atoms with Crippen LogP contribution < -0.4 is 4.90 Å². The van der Waals surface area contributed by atoms with Gasteiger partial charge in [-0.05, 0) is 31.5 Å². The Balaban J connectivity index is 1.52. The summed E-state index contributed by atoms with van der Waals surface area (Å²) < 4.78 is 0. The number of ketones is 1. The number of Topliss-reactive ketones (excluding diaryl/α,β-unsaturated/α-hetero) is 1. The van der Waals surface area contributed by atoms with E-state index in [1.165, 1.54) is 24.3 Å². The number of non-ortho nitro benzene ring substituents is 1. The quantitative estimate of drug-likeness (QED) is 0.335. The van der Waals surface area contributed by atoms with E-state index in [-0.39, 0.29) is 23.4 Å². The Morgan fingerprint density at radius 1 is 0.967 bits per heavy atom. The molecule has 0 radical (unpaired) electrons. The van der Waals surface area contributed by atoms with Crippen molar-refractivity contribution in [3.8, 4) is 0 Å². The molecule has 0 aromatic heterocycles. The standard InChI is InChI=1S/C22H19N3O5/c26-20(13-5-2-1-3-6-13)19-18-17(16-7-4-12-23(16)19)21(27)24(22(18)28)14-8-10-15(11-9-14)25(29)30/h1-3,5-6,8-11,16-19H,4,7,12H2/t16-,17-,18-,19-/m1/s1. The van der Waals surface area contributed by atoms with Gasteiger partial charge in [-0.3, -0.25) is 29.4 Å². The van der Waals surface area contributed by atoms with Crippen molar-refractivity contribution in [2.75, 3.05) is 11.4 Å². The Labute approximate surface area is 172 Å². The fraction of sp³-hybridized carbons (Fsp3) is 0.318. The van der Waals surface area contributed by atoms with Crippen LogP contribution in [0.1, 0.15) is 23.2 Å². The molecule has 5 rings (SSSR count). The summed E-state index contributed by atoms with van der Waals surface area (Å²) in [5.74, 6) is -2.15. The van der Waals surface area contributed by atoms with E-state index in [0.717, 1.165) is 17.7 Å². The van der Waals surface area contributed by atoms with Crippen molar-refractivity contribution in [2.45, 2.75) is 24.9 Å². The van der Waals surface area contributed by atoms with E-state index in [4.69, 9.17) is 0 Å². The zero-order valence-electron chi connectivity index (χ0n) is 16.0. The molecule has 4 atom stereocenters. The summed E-state index contributed by atoms with van der Waals surface area (Å²) in [6.45, 7) is 0.693. The van der Waals surface area contributed by atoms with Gasteiger partial charge in [0.1, 0.15) is 0 Å². The number of imide groups is 1. The second-order valence-electron chi connectivity index (χ2n) is 7.96. The van der Waals surface area contributed by atoms with Gasteiger partial charge in [-0.15, -0.1) is 0 Å². The van der Waals surface area contributed by atoms with Crippen LogP contribution in [0.3, 0.4) is 0 Å². The summed E-state index contributed by atoms with van der Waals surface area (Å²) >= 11 is 0. The van der Waals surface area contributed by atoms with Gasteiger partial charge in [0.2, 0.25) is 11.8 Å². The number of nitro benzene ring substituents is 1. The fourth-order valence-corrected chi connectivity index (χ4v) is 5.27. The minimum Gasteiger partial charge on any atom is -0.292 e. The average molecular weight is 405 g/mol. The van der Waals surface area contributed by atoms with Gasteiger partial charge in [-0.1, -0.05) is 30.3 Å². The average Bonchev–Trinajstić information content (AvgIpc) is 3.40. The highest BCUT2D eigenvalue weighted by Crippen LogP contribution is 2.48. The molecular weight excluding hydrogens is 386 g/mol. The lowest BCUT2D eigenvalue weighted by molar-refractivity contribution is -0.384. The zero-order chi connectivity index (χ0) is 21.0. The van der Waals surface area contributed by atoms with E-state index < -0.39 is 28.7 Å². The van der Waals surface area contributed by atoms with Crippen molar-refractivity contribution >= 4 is 29.0 Å². The molecule has 3 heterocycles. The molecule has 0 unspecified atom stereocenters. The van der Waals surface area contributed by atoms with E-state index in [2.05, 4.69) is 0 Å². The first-order valence-electron chi connectivity index (χ1n) is 9.96. The van der Waals surface area contributed by atoms with Crippen molar-refractivity contribution in [2.24, 2.45) is 11.8 Å². The molecule has 2 aromatic carbocycles. The van der Waals surface area contributed by atoms with E-state index in [0.29, 0.717) is 17.8 Å². The van der Waals surface area contributed by atoms with Gasteiger partial charge >= 0.3 is 0 Å². The lowest BCUT2D eigenvalue weighted by atomic mass is 9.85. The fourth-order valence-electron chi connectivity index (χ4n) is 5.27. The SMILES string of the molecule is O=C(c1ccccc1)[C@H]1[C@@H]2C(=O)N(c3ccc([N+](=O)[O-])cc3)C(=O)[C@@H]2[C@H]2CCCN21. The third kappa shape index (κ3) is 2.60. The first-order valence-corrected chi connectivity index (χ1v) is 9.96. The van der Waals surface area contributed by atoms with Crippen LogP contribution in [0.25, 0.3) is 0 Å². The largest absolute Gasteiger partial charge is 0.292 e. The highest BCUT2D eigenvalue weighted by atomic mass is 16.6. The van der Waals surface area contributed by atoms with E-state index >= 15 is 0 Å². The number of hydrogen-bond acceptors (Lipinski definition) is 6. The lowest BCUT2D eigenvalue weighted by Crippen LogP contribution is -2.46. The molecule has 0 bridgehead atoms. The summed E-state index contributed by atoms with van der Waals surface area (Å²) in [4.78, 5) is 53.6. The van der Waals surface area contributed by atoms with Gasteiger partial charge in [0.15, 0.2) is 5.78 Å². The Bertz CT molecular complexity index is 1050. The highest BCUT2D eigenvalue weighted by molar-refractivity contribution is 6.24. The maximum absolute atomic E-state index is 13.4. The number of carbonyl (C=O) groups excluding carboxylic acids is 3. The normalized spacial score (nSPS) is 27.9. The van der Waals surface area contributed by atoms with Gasteiger partial charge in [0, 0.05) is 23.7 Å². The molecule has 3 saturated heterocycles. The lowest BCUT2D eigenvalue weighted by Gasteiger charge is -2.27. The van der Waals surface area contributed by atoms with Gasteiger partial charge < -0.3 is 0 Å². The molecule has 8 nitrogen and oxygen atoms in total. The Hall–Kier alpha value is -3.39. The minimum absolute atomic E-state index is 0.114. The van der Waals surface area contributed by atoms with Gasteiger partial charge in [0.05, 0.1) is 28.5 Å². The molecule has 0 saturated carbocycles. The molecule has 3 fully saturated rings. The third-order valence-corrected chi connectivity index (χ3v) is 6.50. The highest BCUT2D eigenvalue weighted by Gasteiger charge is 2.64. The molecule has 3 aliphatic rings. The summed E-state index contributed by atoms with van der Waals surface area (Å²) in [5, 5.41) is 10.9. The van der Waals surface area contributed by atoms with Crippen LogP contribution in [-0.4, -0.2) is 46.0 Å². The van der Waals surface area contributed by atoms with Crippen molar-refractivity contribution < 1.29 is 19.3 Å². The van der Waals surface area contributed by atoms with Crippen LogP contribution in [0.15, 0.2) is 54.6 Å². The van der Waals surface area contributed by atoms with Gasteiger partial charge in [-0.25, -0.2) is 4.90 Å². The first-order chi connectivity index (χ1) is 14.5. The van der Waals surface area contributed by atoms with Crippen LogP contribution in [0.4, 0.5) is 11.4 Å². The molecule has 2 amide bonds. The van der Waals surface area contributed by atoms with Crippen LogP contribution >= 0.6 is 0 Å². The number of hydrogen-bond donors (Lipinski definition) is 0. The molecule has 3 aliphatic heterocycles. The number of nitrogens with zero attached hydrogens (tertiary/aromatic N) is 3. The van der Waals surface area contributed by atoms with E-state index in [1.54, 1.807) is 24.3 Å². The van der Waals surface area contributed by atoms with Gasteiger partial charge in [0.25, 0.3) is 5.69 Å². The number of benzene rings is 2. The smallest absolute Gasteiger partial charge is 0.269 e. The molecule has 0 N–H and O–H groups in total. The number of nitro groups is 1. The van der Waals surface area contributed by atoms with Crippen LogP contribution in [-0.2, 0) is 9.59 Å². The topological polar surface area (TPSA) is 101 Å². The van der Waals surface area contributed by atoms with Gasteiger partial charge in [-0.2, -0.15) is 0 Å². The van der Waals surface area contributed by atoms with Crippen molar-refractivity contribution in [3.63, 3.8) is 0 Å². The molecule has 30 heavy (non-hydrogen) atoms. The van der Waals surface area contributed by atoms with E-state index in [1.807, 2.05) is 11.0 Å². The number of amides is 2. The van der Waals surface area contributed by atoms with Crippen molar-refractivity contribution in [1.82, 2.24) is 4.90 Å². The molecule has 152 valence electrons. The summed E-state index contributed by atoms with van der Waals surface area (Å²) in [6.07, 6.45) is 1.65. The molecule has 2 aromatic rings. The maximum atomic E-state index is 13.4. The number of anilines is 1. The second kappa shape index (κ2) is 6.84. The summed E-state index contributed by atoms with van der Waals surface area (Å²) in [6, 6.07) is 13.4. The monoisotopic (exact) mass is 405 g/mol. The molecule has 8 heteroatoms. The predicted molar refractivity (Wildman–Crippen MR) is 107 cm³/mol. The van der Waals surface area contributed by atoms with Crippen LogP contribution in [0.2, 0.25) is 0 Å². The van der Waals surface area contributed by atoms with Crippen molar-refractivity contribution in [1.29, 1.82) is 0 Å².